The van der Waals surface area contributed by atoms with E-state index >= 15 is 0 Å². The van der Waals surface area contributed by atoms with Crippen LogP contribution in [0, 0.1) is 0 Å². The summed E-state index contributed by atoms with van der Waals surface area (Å²) in [7, 11) is 4.29. The third-order valence-electron chi connectivity index (χ3n) is 3.00. The third-order valence-corrected chi connectivity index (χ3v) is 3.00. The van der Waals surface area contributed by atoms with Crippen LogP contribution in [-0.2, 0) is 4.79 Å². The van der Waals surface area contributed by atoms with E-state index in [-0.39, 0.29) is 34.8 Å². The third kappa shape index (κ3) is 2.69. The maximum Gasteiger partial charge on any atom is 0.313 e. The van der Waals surface area contributed by atoms with Crippen LogP contribution < -0.4 is 24.4 Å². The zero-order valence-corrected chi connectivity index (χ0v) is 12.7. The number of fused-ring (bicyclic) bond motifs is 1. The van der Waals surface area contributed by atoms with E-state index < -0.39 is 11.4 Å². The molecule has 22 heavy (non-hydrogen) atoms. The second-order valence-corrected chi connectivity index (χ2v) is 4.28. The SMILES string of the molecule is CCC(=O)Oc1cc(=O)c2c(OC)c(OC)c(OC)cc2o1. The van der Waals surface area contributed by atoms with Gasteiger partial charge in [0.25, 0.3) is 5.95 Å². The van der Waals surface area contributed by atoms with Gasteiger partial charge < -0.3 is 23.4 Å². The number of ether oxygens (including phenoxy) is 4. The molecule has 0 bridgehead atoms. The van der Waals surface area contributed by atoms with Gasteiger partial charge in [0, 0.05) is 12.5 Å². The number of methoxy groups -OCH3 is 3. The number of rotatable bonds is 5. The Kier molecular flexibility index (Phi) is 4.55. The summed E-state index contributed by atoms with van der Waals surface area (Å²) in [6, 6.07) is 2.56. The Labute approximate surface area is 126 Å². The van der Waals surface area contributed by atoms with Crippen molar-refractivity contribution in [3.05, 3.63) is 22.4 Å². The first-order valence-electron chi connectivity index (χ1n) is 6.53. The molecule has 7 heteroatoms. The Bertz CT molecular complexity index is 761. The summed E-state index contributed by atoms with van der Waals surface area (Å²) in [5.74, 6) is 0.115. The van der Waals surface area contributed by atoms with Gasteiger partial charge in [-0.25, -0.2) is 0 Å². The Morgan fingerprint density at radius 1 is 1.09 bits per heavy atom. The quantitative estimate of drug-likeness (QED) is 0.782. The Balaban J connectivity index is 2.74. The van der Waals surface area contributed by atoms with Crippen LogP contribution in [0.1, 0.15) is 13.3 Å². The smallest absolute Gasteiger partial charge is 0.313 e. The molecule has 0 aliphatic rings. The second kappa shape index (κ2) is 6.38. The van der Waals surface area contributed by atoms with E-state index in [2.05, 4.69) is 0 Å². The predicted octanol–water partition coefficient (Wildman–Crippen LogP) is 2.13. The van der Waals surface area contributed by atoms with E-state index in [0.717, 1.165) is 6.07 Å². The van der Waals surface area contributed by atoms with Crippen LogP contribution >= 0.6 is 0 Å². The van der Waals surface area contributed by atoms with Gasteiger partial charge in [0.15, 0.2) is 11.5 Å². The number of hydrogen-bond donors (Lipinski definition) is 0. The fourth-order valence-corrected chi connectivity index (χ4v) is 2.00. The first-order valence-corrected chi connectivity index (χ1v) is 6.53. The lowest BCUT2D eigenvalue weighted by Crippen LogP contribution is -2.10. The van der Waals surface area contributed by atoms with Crippen LogP contribution in [0.5, 0.6) is 23.2 Å². The Morgan fingerprint density at radius 3 is 2.32 bits per heavy atom. The van der Waals surface area contributed by atoms with Crippen LogP contribution in [0.2, 0.25) is 0 Å². The molecule has 0 amide bonds. The molecule has 2 rings (SSSR count). The summed E-state index contributed by atoms with van der Waals surface area (Å²) >= 11 is 0. The van der Waals surface area contributed by atoms with Gasteiger partial charge in [0.2, 0.25) is 11.2 Å². The molecule has 1 aromatic carbocycles. The minimum absolute atomic E-state index is 0.164. The van der Waals surface area contributed by atoms with E-state index in [1.165, 1.54) is 27.4 Å². The van der Waals surface area contributed by atoms with Crippen molar-refractivity contribution >= 4 is 16.9 Å². The maximum absolute atomic E-state index is 12.3. The highest BCUT2D eigenvalue weighted by Crippen LogP contribution is 2.42. The van der Waals surface area contributed by atoms with Gasteiger partial charge in [-0.2, -0.15) is 0 Å². The highest BCUT2D eigenvalue weighted by molar-refractivity contribution is 5.89. The highest BCUT2D eigenvalue weighted by Gasteiger charge is 2.21. The molecule has 0 saturated heterocycles. The van der Waals surface area contributed by atoms with E-state index in [1.807, 2.05) is 0 Å². The molecule has 0 atom stereocenters. The van der Waals surface area contributed by atoms with Crippen molar-refractivity contribution in [1.82, 2.24) is 0 Å². The minimum atomic E-state index is -0.505. The Hall–Kier alpha value is -2.70. The lowest BCUT2D eigenvalue weighted by molar-refractivity contribution is -0.135. The van der Waals surface area contributed by atoms with E-state index in [9.17, 15) is 9.59 Å². The molecule has 1 heterocycles. The van der Waals surface area contributed by atoms with Gasteiger partial charge >= 0.3 is 5.97 Å². The van der Waals surface area contributed by atoms with Crippen molar-refractivity contribution in [2.75, 3.05) is 21.3 Å². The van der Waals surface area contributed by atoms with E-state index in [0.29, 0.717) is 5.75 Å². The second-order valence-electron chi connectivity index (χ2n) is 4.28. The summed E-state index contributed by atoms with van der Waals surface area (Å²) in [6.45, 7) is 1.64. The maximum atomic E-state index is 12.3. The molecule has 0 aliphatic carbocycles. The van der Waals surface area contributed by atoms with Crippen molar-refractivity contribution < 1.29 is 28.2 Å². The topological polar surface area (TPSA) is 84.2 Å². The molecule has 0 N–H and O–H groups in total. The van der Waals surface area contributed by atoms with Crippen LogP contribution in [0.15, 0.2) is 21.3 Å². The molecule has 0 fully saturated rings. The lowest BCUT2D eigenvalue weighted by atomic mass is 10.2. The number of hydrogen-bond acceptors (Lipinski definition) is 7. The monoisotopic (exact) mass is 308 g/mol. The summed E-state index contributed by atoms with van der Waals surface area (Å²) in [4.78, 5) is 23.6. The first kappa shape index (κ1) is 15.7. The van der Waals surface area contributed by atoms with Gasteiger partial charge in [-0.15, -0.1) is 0 Å². The van der Waals surface area contributed by atoms with Crippen molar-refractivity contribution in [3.63, 3.8) is 0 Å². The molecule has 0 aliphatic heterocycles. The summed E-state index contributed by atoms with van der Waals surface area (Å²) in [5.41, 5.74) is -0.251. The lowest BCUT2D eigenvalue weighted by Gasteiger charge is -2.14. The van der Waals surface area contributed by atoms with Crippen molar-refractivity contribution in [3.8, 4) is 23.2 Å². The van der Waals surface area contributed by atoms with E-state index in [1.54, 1.807) is 6.92 Å². The zero-order chi connectivity index (χ0) is 16.3. The molecule has 1 aromatic heterocycles. The van der Waals surface area contributed by atoms with Crippen molar-refractivity contribution in [2.24, 2.45) is 0 Å². The summed E-state index contributed by atoms with van der Waals surface area (Å²) < 4.78 is 26.0. The fourth-order valence-electron chi connectivity index (χ4n) is 2.00. The number of carbonyl (C=O) groups excluding carboxylic acids is 1. The average Bonchev–Trinajstić information content (AvgIpc) is 2.52. The molecule has 0 radical (unpaired) electrons. The summed E-state index contributed by atoms with van der Waals surface area (Å²) in [5, 5.41) is 0.177. The molecule has 0 saturated carbocycles. The van der Waals surface area contributed by atoms with Crippen LogP contribution in [0.25, 0.3) is 11.0 Å². The minimum Gasteiger partial charge on any atom is -0.493 e. The fraction of sp³-hybridized carbons (Fsp3) is 0.333. The molecule has 2 aromatic rings. The van der Waals surface area contributed by atoms with Gasteiger partial charge in [0.1, 0.15) is 11.0 Å². The molecular weight excluding hydrogens is 292 g/mol. The number of esters is 1. The highest BCUT2D eigenvalue weighted by atomic mass is 16.6. The largest absolute Gasteiger partial charge is 0.493 e. The first-order chi connectivity index (χ1) is 10.5. The molecule has 118 valence electrons. The standard InChI is InChI=1S/C15H16O7/c1-5-11(17)22-12-6-8(16)13-9(21-12)7-10(18-2)14(19-3)15(13)20-4/h6-7H,5H2,1-4H3. The van der Waals surface area contributed by atoms with Gasteiger partial charge in [0.05, 0.1) is 27.4 Å². The Morgan fingerprint density at radius 2 is 1.77 bits per heavy atom. The molecule has 7 nitrogen and oxygen atoms in total. The van der Waals surface area contributed by atoms with Crippen LogP contribution in [-0.4, -0.2) is 27.3 Å². The molecule has 0 unspecified atom stereocenters. The predicted molar refractivity (Wildman–Crippen MR) is 78.1 cm³/mol. The van der Waals surface area contributed by atoms with Crippen LogP contribution in [0.3, 0.4) is 0 Å². The number of benzene rings is 1. The van der Waals surface area contributed by atoms with Gasteiger partial charge in [-0.1, -0.05) is 6.92 Å². The summed E-state index contributed by atoms with van der Waals surface area (Å²) in [6.07, 6.45) is 0.164. The zero-order valence-electron chi connectivity index (χ0n) is 12.7. The van der Waals surface area contributed by atoms with Crippen LogP contribution in [0.4, 0.5) is 0 Å². The van der Waals surface area contributed by atoms with Crippen molar-refractivity contribution in [2.45, 2.75) is 13.3 Å². The average molecular weight is 308 g/mol. The molecular formula is C15H16O7. The normalized spacial score (nSPS) is 10.4. The van der Waals surface area contributed by atoms with E-state index in [4.69, 9.17) is 23.4 Å². The van der Waals surface area contributed by atoms with Crippen molar-refractivity contribution in [1.29, 1.82) is 0 Å². The number of carbonyl (C=O) groups is 1. The van der Waals surface area contributed by atoms with Gasteiger partial charge in [-0.05, 0) is 0 Å². The molecule has 0 spiro atoms. The van der Waals surface area contributed by atoms with Gasteiger partial charge in [-0.3, -0.25) is 9.59 Å².